The summed E-state index contributed by atoms with van der Waals surface area (Å²) in [4.78, 5) is 3.78. The Morgan fingerprint density at radius 3 is 2.95 bits per heavy atom. The molecule has 1 aliphatic carbocycles. The fourth-order valence-corrected chi connectivity index (χ4v) is 3.11. The van der Waals surface area contributed by atoms with Crippen LogP contribution in [0.5, 0.6) is 0 Å². The minimum atomic E-state index is -3.65. The monoisotopic (exact) mass is 349 g/mol. The summed E-state index contributed by atoms with van der Waals surface area (Å²) in [6, 6.07) is 1.43. The Morgan fingerprint density at radius 2 is 2.26 bits per heavy atom. The number of nitrogens with one attached hydrogen (secondary N) is 1. The minimum absolute atomic E-state index is 0.0189. The molecule has 0 amide bonds. The van der Waals surface area contributed by atoms with Gasteiger partial charge in [0.1, 0.15) is 10.7 Å². The van der Waals surface area contributed by atoms with Crippen LogP contribution in [-0.4, -0.2) is 33.2 Å². The third kappa shape index (κ3) is 4.41. The predicted octanol–water partition coefficient (Wildman–Crippen LogP) is 1.13. The molecule has 1 fully saturated rings. The molecule has 1 aromatic rings. The Balaban J connectivity index is 1.87. The molecule has 1 aromatic heterocycles. The minimum Gasteiger partial charge on any atom is -0.383 e. The second-order valence-electron chi connectivity index (χ2n) is 4.45. The van der Waals surface area contributed by atoms with Gasteiger partial charge in [0.2, 0.25) is 10.0 Å². The van der Waals surface area contributed by atoms with Crippen molar-refractivity contribution in [1.29, 1.82) is 0 Å². The molecule has 0 saturated heterocycles. The number of nitrogens with two attached hydrogens (primary N) is 1. The Labute approximate surface area is 120 Å². The van der Waals surface area contributed by atoms with E-state index in [0.29, 0.717) is 23.6 Å². The van der Waals surface area contributed by atoms with E-state index in [4.69, 9.17) is 10.5 Å². The van der Waals surface area contributed by atoms with Gasteiger partial charge in [-0.25, -0.2) is 18.1 Å². The Kier molecular flexibility index (Phi) is 4.77. The third-order valence-electron chi connectivity index (χ3n) is 2.73. The molecule has 0 bridgehead atoms. The van der Waals surface area contributed by atoms with Crippen LogP contribution in [0.3, 0.4) is 0 Å². The predicted molar refractivity (Wildman–Crippen MR) is 75.1 cm³/mol. The fraction of sp³-hybridized carbons (Fsp3) is 0.545. The van der Waals surface area contributed by atoms with E-state index in [1.807, 2.05) is 0 Å². The van der Waals surface area contributed by atoms with E-state index in [0.717, 1.165) is 0 Å². The average molecular weight is 350 g/mol. The number of rotatable bonds is 7. The average Bonchev–Trinajstić information content (AvgIpc) is 3.15. The first-order valence-electron chi connectivity index (χ1n) is 5.97. The number of ether oxygens (including phenoxy) is 1. The van der Waals surface area contributed by atoms with E-state index in [1.54, 1.807) is 0 Å². The van der Waals surface area contributed by atoms with Crippen molar-refractivity contribution in [2.24, 2.45) is 5.92 Å². The maximum absolute atomic E-state index is 12.0. The number of halogens is 1. The lowest BCUT2D eigenvalue weighted by atomic mass is 10.5. The molecule has 0 atom stereocenters. The molecule has 1 heterocycles. The highest BCUT2D eigenvalue weighted by molar-refractivity contribution is 9.10. The molecule has 19 heavy (non-hydrogen) atoms. The van der Waals surface area contributed by atoms with Gasteiger partial charge in [-0.1, -0.05) is 0 Å². The number of sulfonamides is 1. The number of hydrogen-bond donors (Lipinski definition) is 2. The van der Waals surface area contributed by atoms with Crippen LogP contribution in [0.2, 0.25) is 0 Å². The summed E-state index contributed by atoms with van der Waals surface area (Å²) in [5, 5.41) is 0. The molecule has 8 heteroatoms. The Hall–Kier alpha value is -0.700. The van der Waals surface area contributed by atoms with E-state index < -0.39 is 10.0 Å². The standard InChI is InChI=1S/C11H16BrN3O3S/c12-9-5-10(11(13)14-6-9)19(16,17)15-3-4-18-7-8-1-2-8/h5-6,8,15H,1-4,7H2,(H2,13,14). The smallest absolute Gasteiger partial charge is 0.244 e. The quantitative estimate of drug-likeness (QED) is 0.719. The Morgan fingerprint density at radius 1 is 1.53 bits per heavy atom. The zero-order valence-corrected chi connectivity index (χ0v) is 12.7. The van der Waals surface area contributed by atoms with Gasteiger partial charge >= 0.3 is 0 Å². The third-order valence-corrected chi connectivity index (χ3v) is 4.65. The van der Waals surface area contributed by atoms with Crippen LogP contribution in [-0.2, 0) is 14.8 Å². The first-order valence-corrected chi connectivity index (χ1v) is 8.25. The van der Waals surface area contributed by atoms with Gasteiger partial charge in [-0.2, -0.15) is 0 Å². The lowest BCUT2D eigenvalue weighted by Crippen LogP contribution is -2.28. The van der Waals surface area contributed by atoms with Gasteiger partial charge in [-0.3, -0.25) is 0 Å². The van der Waals surface area contributed by atoms with Gasteiger partial charge in [0.25, 0.3) is 0 Å². The van der Waals surface area contributed by atoms with Crippen LogP contribution in [0.15, 0.2) is 21.6 Å². The summed E-state index contributed by atoms with van der Waals surface area (Å²) in [6.07, 6.45) is 3.88. The van der Waals surface area contributed by atoms with Gasteiger partial charge in [0.05, 0.1) is 6.61 Å². The summed E-state index contributed by atoms with van der Waals surface area (Å²) in [5.74, 6) is 0.649. The highest BCUT2D eigenvalue weighted by Gasteiger charge is 2.21. The molecule has 106 valence electrons. The van der Waals surface area contributed by atoms with Crippen molar-refractivity contribution in [3.63, 3.8) is 0 Å². The molecule has 0 spiro atoms. The van der Waals surface area contributed by atoms with Crippen LogP contribution in [0.25, 0.3) is 0 Å². The Bertz CT molecular complexity index is 546. The number of nitrogens with zero attached hydrogens (tertiary/aromatic N) is 1. The zero-order chi connectivity index (χ0) is 13.9. The van der Waals surface area contributed by atoms with Crippen molar-refractivity contribution >= 4 is 31.8 Å². The maximum atomic E-state index is 12.0. The van der Waals surface area contributed by atoms with Crippen LogP contribution in [0.4, 0.5) is 5.82 Å². The highest BCUT2D eigenvalue weighted by atomic mass is 79.9. The molecule has 1 saturated carbocycles. The van der Waals surface area contributed by atoms with Gasteiger partial charge in [0, 0.05) is 23.8 Å². The molecule has 0 aliphatic heterocycles. The first-order chi connectivity index (χ1) is 8.99. The number of nitrogen functional groups attached to an aromatic ring is 1. The number of anilines is 1. The molecular formula is C11H16BrN3O3S. The van der Waals surface area contributed by atoms with E-state index in [-0.39, 0.29) is 17.3 Å². The second kappa shape index (κ2) is 6.17. The fourth-order valence-electron chi connectivity index (χ4n) is 1.51. The normalized spacial score (nSPS) is 15.6. The van der Waals surface area contributed by atoms with Gasteiger partial charge in [0.15, 0.2) is 0 Å². The van der Waals surface area contributed by atoms with Crippen LogP contribution >= 0.6 is 15.9 Å². The topological polar surface area (TPSA) is 94.3 Å². The largest absolute Gasteiger partial charge is 0.383 e. The first kappa shape index (κ1) is 14.7. The van der Waals surface area contributed by atoms with Crippen LogP contribution in [0.1, 0.15) is 12.8 Å². The molecule has 2 rings (SSSR count). The molecule has 6 nitrogen and oxygen atoms in total. The number of hydrogen-bond acceptors (Lipinski definition) is 5. The van der Waals surface area contributed by atoms with Crippen molar-refractivity contribution in [1.82, 2.24) is 9.71 Å². The second-order valence-corrected chi connectivity index (χ2v) is 7.10. The number of pyridine rings is 1. The molecule has 0 aromatic carbocycles. The molecule has 1 aliphatic rings. The zero-order valence-electron chi connectivity index (χ0n) is 10.3. The highest BCUT2D eigenvalue weighted by Crippen LogP contribution is 2.28. The van der Waals surface area contributed by atoms with Crippen LogP contribution < -0.4 is 10.5 Å². The lowest BCUT2D eigenvalue weighted by Gasteiger charge is -2.09. The van der Waals surface area contributed by atoms with Crippen molar-refractivity contribution < 1.29 is 13.2 Å². The van der Waals surface area contributed by atoms with E-state index >= 15 is 0 Å². The summed E-state index contributed by atoms with van der Waals surface area (Å²) in [7, 11) is -3.65. The van der Waals surface area contributed by atoms with E-state index in [2.05, 4.69) is 25.6 Å². The van der Waals surface area contributed by atoms with E-state index in [9.17, 15) is 8.42 Å². The van der Waals surface area contributed by atoms with E-state index in [1.165, 1.54) is 25.1 Å². The summed E-state index contributed by atoms with van der Waals surface area (Å²) in [6.45, 7) is 1.29. The van der Waals surface area contributed by atoms with Crippen molar-refractivity contribution in [2.45, 2.75) is 17.7 Å². The van der Waals surface area contributed by atoms with Gasteiger partial charge in [-0.15, -0.1) is 0 Å². The van der Waals surface area contributed by atoms with Crippen molar-refractivity contribution in [2.75, 3.05) is 25.5 Å². The van der Waals surface area contributed by atoms with Crippen LogP contribution in [0, 0.1) is 5.92 Å². The van der Waals surface area contributed by atoms with Crippen molar-refractivity contribution in [3.8, 4) is 0 Å². The summed E-state index contributed by atoms with van der Waals surface area (Å²) in [5.41, 5.74) is 5.57. The molecule has 0 radical (unpaired) electrons. The number of aromatic nitrogens is 1. The van der Waals surface area contributed by atoms with Gasteiger partial charge in [-0.05, 0) is 40.8 Å². The lowest BCUT2D eigenvalue weighted by molar-refractivity contribution is 0.129. The van der Waals surface area contributed by atoms with Crippen molar-refractivity contribution in [3.05, 3.63) is 16.7 Å². The maximum Gasteiger partial charge on any atom is 0.244 e. The summed E-state index contributed by atoms with van der Waals surface area (Å²) < 4.78 is 32.4. The molecule has 3 N–H and O–H groups in total. The molecule has 0 unspecified atom stereocenters. The molecular weight excluding hydrogens is 334 g/mol. The van der Waals surface area contributed by atoms with Gasteiger partial charge < -0.3 is 10.5 Å². The summed E-state index contributed by atoms with van der Waals surface area (Å²) >= 11 is 3.17. The SMILES string of the molecule is Nc1ncc(Br)cc1S(=O)(=O)NCCOCC1CC1.